The normalized spacial score (nSPS) is 9.73. The summed E-state index contributed by atoms with van der Waals surface area (Å²) in [6.45, 7) is 4.18. The first kappa shape index (κ1) is 12.1. The molecule has 0 aliphatic carbocycles. The second-order valence-electron chi connectivity index (χ2n) is 3.37. The van der Waals surface area contributed by atoms with Gasteiger partial charge in [0.15, 0.2) is 0 Å². The van der Waals surface area contributed by atoms with E-state index in [-0.39, 0.29) is 24.8 Å². The Hall–Kier alpha value is -0.963. The van der Waals surface area contributed by atoms with Crippen molar-refractivity contribution in [2.24, 2.45) is 0 Å². The van der Waals surface area contributed by atoms with E-state index in [1.165, 1.54) is 11.1 Å². The molecule has 71 valence electrons. The van der Waals surface area contributed by atoms with Crippen LogP contribution < -0.4 is 0 Å². The molecule has 0 amide bonds. The SMILES string of the molecule is [CH2]C(c1ccccc1)c1ccccc1.[LiH]. The molecule has 0 aromatic heterocycles. The summed E-state index contributed by atoms with van der Waals surface area (Å²) in [7, 11) is 0. The summed E-state index contributed by atoms with van der Waals surface area (Å²) in [4.78, 5) is 0. The number of hydrogen-bond donors (Lipinski definition) is 0. The molecule has 1 radical (unpaired) electrons. The van der Waals surface area contributed by atoms with Crippen molar-refractivity contribution < 1.29 is 0 Å². The molecule has 0 nitrogen and oxygen atoms in total. The van der Waals surface area contributed by atoms with Crippen LogP contribution in [0.4, 0.5) is 0 Å². The van der Waals surface area contributed by atoms with E-state index >= 15 is 0 Å². The first-order chi connectivity index (χ1) is 6.88. The molecule has 0 heterocycles. The summed E-state index contributed by atoms with van der Waals surface area (Å²) in [6, 6.07) is 20.7. The van der Waals surface area contributed by atoms with Crippen molar-refractivity contribution in [2.75, 3.05) is 0 Å². The zero-order chi connectivity index (χ0) is 9.80. The van der Waals surface area contributed by atoms with Crippen LogP contribution in [0.2, 0.25) is 0 Å². The Kier molecular flexibility index (Phi) is 4.69. The molecule has 15 heavy (non-hydrogen) atoms. The van der Waals surface area contributed by atoms with Gasteiger partial charge < -0.3 is 0 Å². The van der Waals surface area contributed by atoms with Gasteiger partial charge in [0, 0.05) is 5.92 Å². The van der Waals surface area contributed by atoms with Gasteiger partial charge in [0.25, 0.3) is 0 Å². The molecule has 0 spiro atoms. The first-order valence-electron chi connectivity index (χ1n) is 4.81. The molecule has 2 aromatic rings. The van der Waals surface area contributed by atoms with Crippen molar-refractivity contribution in [3.05, 3.63) is 78.7 Å². The van der Waals surface area contributed by atoms with Crippen LogP contribution in [0.15, 0.2) is 60.7 Å². The fourth-order valence-electron chi connectivity index (χ4n) is 1.56. The molecule has 2 rings (SSSR count). The van der Waals surface area contributed by atoms with Crippen molar-refractivity contribution in [3.63, 3.8) is 0 Å². The Morgan fingerprint density at radius 1 is 0.667 bits per heavy atom. The fourth-order valence-corrected chi connectivity index (χ4v) is 1.56. The molecule has 2 aromatic carbocycles. The standard InChI is InChI=1S/C14H13.Li.H/c1-12(13-8-4-2-5-9-13)14-10-6-3-7-11-14;;/h2-12H,1H2;;. The zero-order valence-corrected chi connectivity index (χ0v) is 8.06. The number of hydrogen-bond acceptors (Lipinski definition) is 0. The fraction of sp³-hybridized carbons (Fsp3) is 0.0714. The third kappa shape index (κ3) is 2.99. The van der Waals surface area contributed by atoms with Crippen molar-refractivity contribution in [3.8, 4) is 0 Å². The van der Waals surface area contributed by atoms with Gasteiger partial charge in [-0.3, -0.25) is 0 Å². The van der Waals surface area contributed by atoms with Gasteiger partial charge in [-0.05, 0) is 18.1 Å². The van der Waals surface area contributed by atoms with Crippen molar-refractivity contribution in [1.29, 1.82) is 0 Å². The topological polar surface area (TPSA) is 0 Å². The summed E-state index contributed by atoms with van der Waals surface area (Å²) >= 11 is 0. The van der Waals surface area contributed by atoms with E-state index in [4.69, 9.17) is 0 Å². The predicted molar refractivity (Wildman–Crippen MR) is 67.2 cm³/mol. The molecule has 0 saturated heterocycles. The van der Waals surface area contributed by atoms with Gasteiger partial charge >= 0.3 is 18.9 Å². The van der Waals surface area contributed by atoms with Crippen LogP contribution in [0.3, 0.4) is 0 Å². The maximum absolute atomic E-state index is 4.18. The van der Waals surface area contributed by atoms with E-state index in [9.17, 15) is 0 Å². The molecule has 0 saturated carbocycles. The van der Waals surface area contributed by atoms with Gasteiger partial charge in [0.05, 0.1) is 0 Å². The number of rotatable bonds is 2. The third-order valence-corrected chi connectivity index (χ3v) is 2.40. The predicted octanol–water partition coefficient (Wildman–Crippen LogP) is 3.00. The number of benzene rings is 2. The van der Waals surface area contributed by atoms with Gasteiger partial charge in [-0.15, -0.1) is 0 Å². The minimum absolute atomic E-state index is 0. The van der Waals surface area contributed by atoms with Crippen molar-refractivity contribution in [1.82, 2.24) is 0 Å². The van der Waals surface area contributed by atoms with Gasteiger partial charge in [-0.1, -0.05) is 60.7 Å². The summed E-state index contributed by atoms with van der Waals surface area (Å²) in [5, 5.41) is 0. The Balaban J connectivity index is 0.00000112. The second kappa shape index (κ2) is 5.81. The van der Waals surface area contributed by atoms with Crippen LogP contribution in [0, 0.1) is 6.92 Å². The molecule has 0 bridgehead atoms. The van der Waals surface area contributed by atoms with E-state index < -0.39 is 0 Å². The van der Waals surface area contributed by atoms with E-state index in [0.717, 1.165) is 0 Å². The Labute approximate surface area is 104 Å². The molecule has 0 fully saturated rings. The zero-order valence-electron chi connectivity index (χ0n) is 8.06. The van der Waals surface area contributed by atoms with E-state index in [1.807, 2.05) is 12.1 Å². The van der Waals surface area contributed by atoms with Crippen LogP contribution in [-0.2, 0) is 0 Å². The quantitative estimate of drug-likeness (QED) is 0.637. The molecule has 0 aliphatic heterocycles. The van der Waals surface area contributed by atoms with E-state index in [1.54, 1.807) is 0 Å². The summed E-state index contributed by atoms with van der Waals surface area (Å²) in [6.07, 6.45) is 0. The molecule has 0 atom stereocenters. The summed E-state index contributed by atoms with van der Waals surface area (Å²) < 4.78 is 0. The van der Waals surface area contributed by atoms with E-state index in [2.05, 4.69) is 55.5 Å². The Morgan fingerprint density at radius 2 is 1.00 bits per heavy atom. The van der Waals surface area contributed by atoms with Crippen LogP contribution >= 0.6 is 0 Å². The van der Waals surface area contributed by atoms with Gasteiger partial charge in [-0.25, -0.2) is 0 Å². The Morgan fingerprint density at radius 3 is 1.33 bits per heavy atom. The second-order valence-corrected chi connectivity index (χ2v) is 3.37. The van der Waals surface area contributed by atoms with Crippen molar-refractivity contribution >= 4 is 18.9 Å². The first-order valence-corrected chi connectivity index (χ1v) is 4.81. The third-order valence-electron chi connectivity index (χ3n) is 2.40. The Bertz CT molecular complexity index is 341. The summed E-state index contributed by atoms with van der Waals surface area (Å²) in [5.74, 6) is 0.234. The molecule has 1 heteroatoms. The average Bonchev–Trinajstić information content (AvgIpc) is 2.30. The molecular weight excluding hydrogens is 175 g/mol. The van der Waals surface area contributed by atoms with Crippen LogP contribution in [0.25, 0.3) is 0 Å². The average molecular weight is 189 g/mol. The van der Waals surface area contributed by atoms with Crippen LogP contribution in [0.1, 0.15) is 17.0 Å². The van der Waals surface area contributed by atoms with Crippen LogP contribution in [0.5, 0.6) is 0 Å². The minimum atomic E-state index is 0. The van der Waals surface area contributed by atoms with Crippen molar-refractivity contribution in [2.45, 2.75) is 5.92 Å². The molecular formula is C14H14Li. The van der Waals surface area contributed by atoms with Gasteiger partial charge in [-0.2, -0.15) is 0 Å². The summed E-state index contributed by atoms with van der Waals surface area (Å²) in [5.41, 5.74) is 2.53. The molecule has 0 unspecified atom stereocenters. The molecule has 0 aliphatic rings. The van der Waals surface area contributed by atoms with E-state index in [0.29, 0.717) is 0 Å². The van der Waals surface area contributed by atoms with Gasteiger partial charge in [0.2, 0.25) is 0 Å². The molecule has 0 N–H and O–H groups in total. The van der Waals surface area contributed by atoms with Gasteiger partial charge in [0.1, 0.15) is 0 Å². The maximum atomic E-state index is 4.18. The monoisotopic (exact) mass is 189 g/mol. The van der Waals surface area contributed by atoms with Crippen LogP contribution in [-0.4, -0.2) is 18.9 Å².